The predicted molar refractivity (Wildman–Crippen MR) is 235 cm³/mol. The van der Waals surface area contributed by atoms with Crippen LogP contribution in [0.2, 0.25) is 0 Å². The minimum Gasteiger partial charge on any atom is -0.359 e. The van der Waals surface area contributed by atoms with Crippen LogP contribution in [0.5, 0.6) is 0 Å². The van der Waals surface area contributed by atoms with Crippen LogP contribution < -0.4 is 30.2 Å². The van der Waals surface area contributed by atoms with E-state index in [0.717, 1.165) is 52.5 Å². The molecule has 4 heterocycles. The molecule has 58 heavy (non-hydrogen) atoms. The van der Waals surface area contributed by atoms with E-state index in [0.29, 0.717) is 22.7 Å². The van der Waals surface area contributed by atoms with Crippen molar-refractivity contribution in [2.24, 2.45) is 0 Å². The molecule has 0 fully saturated rings. The van der Waals surface area contributed by atoms with Crippen molar-refractivity contribution in [3.05, 3.63) is 193 Å². The molecule has 0 atom stereocenters. The Hall–Kier alpha value is -6.49. The Morgan fingerprint density at radius 2 is 0.672 bits per heavy atom. The lowest BCUT2D eigenvalue weighted by Gasteiger charge is -2.32. The largest absolute Gasteiger partial charge is 0.421 e. The van der Waals surface area contributed by atoms with Crippen molar-refractivity contribution < 1.29 is 17.6 Å². The first-order valence-corrected chi connectivity index (χ1v) is 20.4. The SMILES string of the molecule is Fc1cccc(N2B(c3ccc(B4N(c5cccc(F)c5)c5sc6ccccc6c5N4c4cccc(F)c4)cc3)N(c3cccc(F)c3)c3c2sc2ccccc32)c1. The highest BCUT2D eigenvalue weighted by Crippen LogP contribution is 2.56. The number of thiophene rings is 2. The van der Waals surface area contributed by atoms with Gasteiger partial charge in [-0.05, 0) is 95.9 Å². The summed E-state index contributed by atoms with van der Waals surface area (Å²) in [5, 5.41) is 3.83. The Kier molecular flexibility index (Phi) is 8.13. The van der Waals surface area contributed by atoms with Crippen molar-refractivity contribution in [1.82, 2.24) is 0 Å². The zero-order valence-corrected chi connectivity index (χ0v) is 32.1. The molecular weight excluding hydrogens is 770 g/mol. The minimum atomic E-state index is -0.531. The molecule has 2 aliphatic rings. The van der Waals surface area contributed by atoms with Crippen LogP contribution in [-0.4, -0.2) is 14.0 Å². The van der Waals surface area contributed by atoms with Crippen LogP contribution in [0.4, 0.5) is 61.7 Å². The average Bonchev–Trinajstić information content (AvgIpc) is 3.97. The van der Waals surface area contributed by atoms with E-state index >= 15 is 17.6 Å². The fourth-order valence-electron chi connectivity index (χ4n) is 8.53. The predicted octanol–water partition coefficient (Wildman–Crippen LogP) is 12.0. The molecule has 0 radical (unpaired) electrons. The molecule has 0 amide bonds. The highest BCUT2D eigenvalue weighted by molar-refractivity contribution is 7.26. The topological polar surface area (TPSA) is 13.0 Å². The van der Waals surface area contributed by atoms with Gasteiger partial charge in [-0.2, -0.15) is 0 Å². The molecule has 0 saturated heterocycles. The Bertz CT molecular complexity index is 2840. The normalized spacial score (nSPS) is 13.7. The van der Waals surface area contributed by atoms with Gasteiger partial charge in [0.2, 0.25) is 0 Å². The molecule has 0 saturated carbocycles. The average molecular weight is 799 g/mol. The summed E-state index contributed by atoms with van der Waals surface area (Å²) in [6, 6.07) is 50.6. The first-order valence-electron chi connectivity index (χ1n) is 18.7. The maximum Gasteiger partial charge on any atom is 0.421 e. The number of hydrogen-bond donors (Lipinski definition) is 0. The van der Waals surface area contributed by atoms with Crippen molar-refractivity contribution in [2.45, 2.75) is 0 Å². The molecule has 2 aliphatic heterocycles. The Labute approximate surface area is 340 Å². The molecule has 0 N–H and O–H groups in total. The van der Waals surface area contributed by atoms with Gasteiger partial charge in [0.25, 0.3) is 0 Å². The van der Waals surface area contributed by atoms with Gasteiger partial charge in [0.05, 0.1) is 11.4 Å². The third kappa shape index (κ3) is 5.50. The van der Waals surface area contributed by atoms with Crippen molar-refractivity contribution in [3.63, 3.8) is 0 Å². The van der Waals surface area contributed by atoms with Crippen molar-refractivity contribution >= 4 is 112 Å². The van der Waals surface area contributed by atoms with Gasteiger partial charge in [-0.25, -0.2) is 17.6 Å². The van der Waals surface area contributed by atoms with Gasteiger partial charge in [-0.3, -0.25) is 0 Å². The number of fused-ring (bicyclic) bond motifs is 6. The van der Waals surface area contributed by atoms with Gasteiger partial charge >= 0.3 is 14.0 Å². The summed E-state index contributed by atoms with van der Waals surface area (Å²) in [6.45, 7) is -1.06. The Morgan fingerprint density at radius 3 is 1.02 bits per heavy atom. The summed E-state index contributed by atoms with van der Waals surface area (Å²) < 4.78 is 62.5. The first-order chi connectivity index (χ1) is 28.4. The van der Waals surface area contributed by atoms with Gasteiger partial charge in [0.15, 0.2) is 0 Å². The fraction of sp³-hybridized carbons (Fsp3) is 0. The third-order valence-corrected chi connectivity index (χ3v) is 13.2. The molecule has 0 aliphatic carbocycles. The highest BCUT2D eigenvalue weighted by Gasteiger charge is 2.48. The maximum atomic E-state index is 15.1. The smallest absolute Gasteiger partial charge is 0.359 e. The van der Waals surface area contributed by atoms with Gasteiger partial charge in [0, 0.05) is 42.9 Å². The van der Waals surface area contributed by atoms with Crippen LogP contribution in [0.1, 0.15) is 0 Å². The summed E-state index contributed by atoms with van der Waals surface area (Å²) in [6.07, 6.45) is 0. The molecule has 278 valence electrons. The van der Waals surface area contributed by atoms with E-state index in [4.69, 9.17) is 0 Å². The summed E-state index contributed by atoms with van der Waals surface area (Å²) in [5.41, 5.74) is 6.18. The van der Waals surface area contributed by atoms with Crippen LogP contribution >= 0.6 is 22.7 Å². The second-order valence-electron chi connectivity index (χ2n) is 14.3. The van der Waals surface area contributed by atoms with E-state index in [9.17, 15) is 0 Å². The molecule has 7 aromatic carbocycles. The lowest BCUT2D eigenvalue weighted by Crippen LogP contribution is -2.55. The van der Waals surface area contributed by atoms with Crippen LogP contribution in [0.25, 0.3) is 20.2 Å². The van der Waals surface area contributed by atoms with Crippen molar-refractivity contribution in [1.29, 1.82) is 0 Å². The zero-order chi connectivity index (χ0) is 39.1. The lowest BCUT2D eigenvalue weighted by atomic mass is 9.60. The van der Waals surface area contributed by atoms with Crippen molar-refractivity contribution in [2.75, 3.05) is 19.2 Å². The lowest BCUT2D eigenvalue weighted by molar-refractivity contribution is 0.627. The molecule has 0 spiro atoms. The molecule has 12 heteroatoms. The minimum absolute atomic E-state index is 0.366. The number of halogens is 4. The number of rotatable bonds is 6. The number of anilines is 8. The quantitative estimate of drug-likeness (QED) is 0.123. The second-order valence-corrected chi connectivity index (χ2v) is 16.4. The number of hydrogen-bond acceptors (Lipinski definition) is 6. The third-order valence-electron chi connectivity index (χ3n) is 10.9. The summed E-state index contributed by atoms with van der Waals surface area (Å²) in [7, 11) is 0. The van der Waals surface area contributed by atoms with Gasteiger partial charge in [0.1, 0.15) is 33.3 Å². The monoisotopic (exact) mass is 798 g/mol. The van der Waals surface area contributed by atoms with E-state index in [1.165, 1.54) is 48.5 Å². The van der Waals surface area contributed by atoms with E-state index in [1.54, 1.807) is 46.9 Å². The highest BCUT2D eigenvalue weighted by atomic mass is 32.1. The van der Waals surface area contributed by atoms with Crippen LogP contribution in [0, 0.1) is 23.3 Å². The van der Waals surface area contributed by atoms with Gasteiger partial charge < -0.3 is 19.2 Å². The van der Waals surface area contributed by atoms with Crippen LogP contribution in [-0.2, 0) is 0 Å². The number of nitrogens with zero attached hydrogens (tertiary/aromatic N) is 4. The maximum absolute atomic E-state index is 15.1. The molecular formula is C46H28B2F4N4S2. The molecule has 2 aromatic heterocycles. The molecule has 11 rings (SSSR count). The van der Waals surface area contributed by atoms with E-state index in [1.807, 2.05) is 48.5 Å². The standard InChI is InChI=1S/C46H28B2F4N4S2/c49-31-9-5-13-35(25-31)53-43-39-17-1-3-19-41(39)57-45(43)55(37-15-7-11-33(51)27-37)47(53)29-21-23-30(24-22-29)48-54(36-14-6-10-32(50)26-36)44-40-18-2-4-20-42(40)58-46(44)56(48)38-16-8-12-34(52)28-38/h1-28H. The van der Waals surface area contributed by atoms with Crippen LogP contribution in [0.15, 0.2) is 170 Å². The first kappa shape index (κ1) is 34.7. The zero-order valence-electron chi connectivity index (χ0n) is 30.4. The van der Waals surface area contributed by atoms with Gasteiger partial charge in [-0.1, -0.05) is 84.9 Å². The van der Waals surface area contributed by atoms with Gasteiger partial charge in [-0.15, -0.1) is 22.7 Å². The molecule has 0 unspecified atom stereocenters. The summed E-state index contributed by atoms with van der Waals surface area (Å²) in [4.78, 5) is 8.52. The van der Waals surface area contributed by atoms with E-state index in [2.05, 4.69) is 67.8 Å². The van der Waals surface area contributed by atoms with E-state index < -0.39 is 14.0 Å². The summed E-state index contributed by atoms with van der Waals surface area (Å²) in [5.74, 6) is -1.47. The van der Waals surface area contributed by atoms with Crippen LogP contribution in [0.3, 0.4) is 0 Å². The van der Waals surface area contributed by atoms with E-state index in [-0.39, 0.29) is 23.3 Å². The molecule has 0 bridgehead atoms. The molecule has 4 nitrogen and oxygen atoms in total. The summed E-state index contributed by atoms with van der Waals surface area (Å²) >= 11 is 3.21. The van der Waals surface area contributed by atoms with Crippen molar-refractivity contribution in [3.8, 4) is 0 Å². The second kappa shape index (κ2) is 13.6. The Morgan fingerprint density at radius 1 is 0.345 bits per heavy atom. The fourth-order valence-corrected chi connectivity index (χ4v) is 11.0. The molecule has 9 aromatic rings. The Balaban J connectivity index is 1.11. The number of benzene rings is 7.